The molecule has 0 amide bonds. The molecule has 1 aliphatic rings. The predicted octanol–water partition coefficient (Wildman–Crippen LogP) is 1.84. The molecule has 1 aliphatic heterocycles. The van der Waals surface area contributed by atoms with Gasteiger partial charge in [0, 0.05) is 36.8 Å². The standard InChI is InChI=1S/C13H16ClN5/c1-9-2-3-10(14)8-11(9)12-16-13(18-17-12)19-6-4-15-5-7-19/h2-3,8,15H,4-7H2,1H3,(H,16,17,18). The maximum absolute atomic E-state index is 6.04. The van der Waals surface area contributed by atoms with Crippen LogP contribution in [0.2, 0.25) is 5.02 Å². The van der Waals surface area contributed by atoms with Gasteiger partial charge in [0.1, 0.15) is 0 Å². The van der Waals surface area contributed by atoms with E-state index in [4.69, 9.17) is 11.6 Å². The Kier molecular flexibility index (Phi) is 3.40. The molecule has 1 saturated heterocycles. The highest BCUT2D eigenvalue weighted by Crippen LogP contribution is 2.25. The number of halogens is 1. The molecule has 2 aromatic rings. The molecule has 2 heterocycles. The Morgan fingerprint density at radius 2 is 2.05 bits per heavy atom. The fourth-order valence-electron chi connectivity index (χ4n) is 2.23. The van der Waals surface area contributed by atoms with Crippen LogP contribution in [0.25, 0.3) is 11.4 Å². The van der Waals surface area contributed by atoms with Gasteiger partial charge in [-0.05, 0) is 24.6 Å². The summed E-state index contributed by atoms with van der Waals surface area (Å²) in [6, 6.07) is 5.79. The van der Waals surface area contributed by atoms with Gasteiger partial charge in [-0.1, -0.05) is 17.7 Å². The van der Waals surface area contributed by atoms with E-state index in [9.17, 15) is 0 Å². The molecule has 0 atom stereocenters. The summed E-state index contributed by atoms with van der Waals surface area (Å²) in [4.78, 5) is 6.76. The zero-order chi connectivity index (χ0) is 13.2. The van der Waals surface area contributed by atoms with Crippen LogP contribution in [-0.2, 0) is 0 Å². The maximum Gasteiger partial charge on any atom is 0.245 e. The highest BCUT2D eigenvalue weighted by atomic mass is 35.5. The predicted molar refractivity (Wildman–Crippen MR) is 76.6 cm³/mol. The lowest BCUT2D eigenvalue weighted by molar-refractivity contribution is 0.580. The van der Waals surface area contributed by atoms with Crippen molar-refractivity contribution in [1.29, 1.82) is 0 Å². The van der Waals surface area contributed by atoms with Crippen LogP contribution in [0.5, 0.6) is 0 Å². The molecule has 100 valence electrons. The molecule has 1 aromatic carbocycles. The third-order valence-corrected chi connectivity index (χ3v) is 3.56. The molecular formula is C13H16ClN5. The maximum atomic E-state index is 6.04. The summed E-state index contributed by atoms with van der Waals surface area (Å²) in [5.41, 5.74) is 2.13. The van der Waals surface area contributed by atoms with Crippen LogP contribution >= 0.6 is 11.6 Å². The van der Waals surface area contributed by atoms with Crippen molar-refractivity contribution < 1.29 is 0 Å². The summed E-state index contributed by atoms with van der Waals surface area (Å²) in [5, 5.41) is 11.3. The Morgan fingerprint density at radius 3 is 2.84 bits per heavy atom. The first-order valence-electron chi connectivity index (χ1n) is 6.38. The minimum Gasteiger partial charge on any atom is -0.337 e. The Labute approximate surface area is 117 Å². The first-order valence-corrected chi connectivity index (χ1v) is 6.76. The second kappa shape index (κ2) is 5.19. The number of benzene rings is 1. The number of rotatable bonds is 2. The van der Waals surface area contributed by atoms with Crippen molar-refractivity contribution >= 4 is 17.5 Å². The fourth-order valence-corrected chi connectivity index (χ4v) is 2.40. The summed E-state index contributed by atoms with van der Waals surface area (Å²) in [6.07, 6.45) is 0. The Morgan fingerprint density at radius 1 is 1.26 bits per heavy atom. The quantitative estimate of drug-likeness (QED) is 0.880. The molecule has 0 unspecified atom stereocenters. The van der Waals surface area contributed by atoms with E-state index in [1.165, 1.54) is 0 Å². The number of aryl methyl sites for hydroxylation is 1. The zero-order valence-electron chi connectivity index (χ0n) is 10.8. The second-order valence-electron chi connectivity index (χ2n) is 4.68. The molecule has 0 aliphatic carbocycles. The van der Waals surface area contributed by atoms with Gasteiger partial charge in [0.05, 0.1) is 0 Å². The lowest BCUT2D eigenvalue weighted by Gasteiger charge is -2.25. The van der Waals surface area contributed by atoms with Crippen molar-refractivity contribution in [3.63, 3.8) is 0 Å². The van der Waals surface area contributed by atoms with E-state index >= 15 is 0 Å². The molecular weight excluding hydrogens is 262 g/mol. The van der Waals surface area contributed by atoms with E-state index < -0.39 is 0 Å². The third kappa shape index (κ3) is 2.57. The fraction of sp³-hybridized carbons (Fsp3) is 0.385. The van der Waals surface area contributed by atoms with Gasteiger partial charge in [-0.25, -0.2) is 0 Å². The summed E-state index contributed by atoms with van der Waals surface area (Å²) in [6.45, 7) is 5.86. The van der Waals surface area contributed by atoms with E-state index in [0.717, 1.165) is 49.1 Å². The molecule has 0 bridgehead atoms. The summed E-state index contributed by atoms with van der Waals surface area (Å²) < 4.78 is 0. The van der Waals surface area contributed by atoms with Crippen LogP contribution in [0.15, 0.2) is 18.2 Å². The van der Waals surface area contributed by atoms with Crippen molar-refractivity contribution in [2.45, 2.75) is 6.92 Å². The molecule has 0 saturated carbocycles. The largest absolute Gasteiger partial charge is 0.337 e. The van der Waals surface area contributed by atoms with Crippen LogP contribution in [0, 0.1) is 6.92 Å². The highest BCUT2D eigenvalue weighted by molar-refractivity contribution is 6.30. The van der Waals surface area contributed by atoms with Crippen molar-refractivity contribution in [2.75, 3.05) is 31.1 Å². The number of hydrogen-bond donors (Lipinski definition) is 2. The molecule has 6 heteroatoms. The first-order chi connectivity index (χ1) is 9.24. The van der Waals surface area contributed by atoms with Gasteiger partial charge in [-0.3, -0.25) is 5.10 Å². The number of nitrogens with zero attached hydrogens (tertiary/aromatic N) is 3. The van der Waals surface area contributed by atoms with Gasteiger partial charge in [0.25, 0.3) is 0 Å². The smallest absolute Gasteiger partial charge is 0.245 e. The molecule has 19 heavy (non-hydrogen) atoms. The van der Waals surface area contributed by atoms with E-state index in [-0.39, 0.29) is 0 Å². The Hall–Kier alpha value is -1.59. The topological polar surface area (TPSA) is 56.8 Å². The molecule has 0 radical (unpaired) electrons. The minimum absolute atomic E-state index is 0.709. The Balaban J connectivity index is 1.89. The summed E-state index contributed by atoms with van der Waals surface area (Å²) in [5.74, 6) is 1.53. The van der Waals surface area contributed by atoms with E-state index in [2.05, 4.69) is 25.4 Å². The number of piperazine rings is 1. The van der Waals surface area contributed by atoms with Gasteiger partial charge < -0.3 is 10.2 Å². The highest BCUT2D eigenvalue weighted by Gasteiger charge is 2.16. The monoisotopic (exact) mass is 277 g/mol. The van der Waals surface area contributed by atoms with Gasteiger partial charge in [-0.15, -0.1) is 5.10 Å². The van der Waals surface area contributed by atoms with Crippen molar-refractivity contribution in [3.8, 4) is 11.4 Å². The Bertz CT molecular complexity index is 574. The summed E-state index contributed by atoms with van der Waals surface area (Å²) >= 11 is 6.04. The number of nitrogens with one attached hydrogen (secondary N) is 2. The van der Waals surface area contributed by atoms with Crippen molar-refractivity contribution in [2.24, 2.45) is 0 Å². The summed E-state index contributed by atoms with van der Waals surface area (Å²) in [7, 11) is 0. The van der Waals surface area contributed by atoms with E-state index in [0.29, 0.717) is 5.02 Å². The average Bonchev–Trinajstić information content (AvgIpc) is 2.92. The molecule has 3 rings (SSSR count). The molecule has 1 fully saturated rings. The van der Waals surface area contributed by atoms with Gasteiger partial charge in [-0.2, -0.15) is 4.98 Å². The number of aromatic amines is 1. The van der Waals surface area contributed by atoms with Crippen molar-refractivity contribution in [1.82, 2.24) is 20.5 Å². The van der Waals surface area contributed by atoms with E-state index in [1.54, 1.807) is 0 Å². The number of anilines is 1. The SMILES string of the molecule is Cc1ccc(Cl)cc1-c1nc(N2CCNCC2)n[nH]1. The normalized spacial score (nSPS) is 15.8. The molecule has 2 N–H and O–H groups in total. The first kappa shape index (κ1) is 12.4. The number of aromatic nitrogens is 3. The van der Waals surface area contributed by atoms with E-state index in [1.807, 2.05) is 25.1 Å². The second-order valence-corrected chi connectivity index (χ2v) is 5.12. The lowest BCUT2D eigenvalue weighted by Crippen LogP contribution is -2.44. The molecule has 0 spiro atoms. The molecule has 1 aromatic heterocycles. The van der Waals surface area contributed by atoms with Crippen LogP contribution < -0.4 is 10.2 Å². The number of H-pyrrole nitrogens is 1. The van der Waals surface area contributed by atoms with Crippen LogP contribution in [0.3, 0.4) is 0 Å². The van der Waals surface area contributed by atoms with Crippen LogP contribution in [0.1, 0.15) is 5.56 Å². The van der Waals surface area contributed by atoms with Crippen molar-refractivity contribution in [3.05, 3.63) is 28.8 Å². The molecule has 5 nitrogen and oxygen atoms in total. The lowest BCUT2D eigenvalue weighted by atomic mass is 10.1. The van der Waals surface area contributed by atoms with Gasteiger partial charge in [0.2, 0.25) is 5.95 Å². The van der Waals surface area contributed by atoms with Crippen LogP contribution in [0.4, 0.5) is 5.95 Å². The zero-order valence-corrected chi connectivity index (χ0v) is 11.5. The van der Waals surface area contributed by atoms with Crippen LogP contribution in [-0.4, -0.2) is 41.4 Å². The number of hydrogen-bond acceptors (Lipinski definition) is 4. The van der Waals surface area contributed by atoms with Gasteiger partial charge >= 0.3 is 0 Å². The third-order valence-electron chi connectivity index (χ3n) is 3.33. The minimum atomic E-state index is 0.709. The van der Waals surface area contributed by atoms with Gasteiger partial charge in [0.15, 0.2) is 5.82 Å². The average molecular weight is 278 g/mol.